The molecule has 4 rings (SSSR count). The Kier molecular flexibility index (Phi) is 1.95. The smallest absolute Gasteiger partial charge is 0.183 e. The molecule has 0 spiro atoms. The van der Waals surface area contributed by atoms with Gasteiger partial charge < -0.3 is 10.7 Å². The molecule has 5 heteroatoms. The molecule has 0 bridgehead atoms. The standard InChI is InChI=1S/C14H13N5/c15-11-10-12(17-8-16-11)19-13(18-10)14(6-7-14)9-4-2-1-3-5-9/h1-5,8H,6-7H2,(H3,15,16,17,18,19). The molecule has 1 aliphatic rings. The molecule has 5 nitrogen and oxygen atoms in total. The summed E-state index contributed by atoms with van der Waals surface area (Å²) in [6, 6.07) is 10.4. The van der Waals surface area contributed by atoms with Crippen LogP contribution in [0.4, 0.5) is 5.82 Å². The highest BCUT2D eigenvalue weighted by atomic mass is 15.1. The second kappa shape index (κ2) is 3.54. The van der Waals surface area contributed by atoms with E-state index in [1.165, 1.54) is 11.9 Å². The lowest BCUT2D eigenvalue weighted by Crippen LogP contribution is -2.10. The Morgan fingerprint density at radius 1 is 1.11 bits per heavy atom. The number of hydrogen-bond donors (Lipinski definition) is 2. The lowest BCUT2D eigenvalue weighted by molar-refractivity contribution is 0.778. The third-order valence-corrected chi connectivity index (χ3v) is 3.85. The summed E-state index contributed by atoms with van der Waals surface area (Å²) < 4.78 is 0. The fourth-order valence-electron chi connectivity index (χ4n) is 2.62. The fourth-order valence-corrected chi connectivity index (χ4v) is 2.62. The Labute approximate surface area is 109 Å². The van der Waals surface area contributed by atoms with E-state index in [9.17, 15) is 0 Å². The molecule has 0 saturated heterocycles. The largest absolute Gasteiger partial charge is 0.382 e. The highest BCUT2D eigenvalue weighted by Crippen LogP contribution is 2.52. The molecule has 94 valence electrons. The van der Waals surface area contributed by atoms with Crippen LogP contribution in [0.1, 0.15) is 24.2 Å². The van der Waals surface area contributed by atoms with Gasteiger partial charge in [0.25, 0.3) is 0 Å². The highest BCUT2D eigenvalue weighted by Gasteiger charge is 2.48. The summed E-state index contributed by atoms with van der Waals surface area (Å²) in [4.78, 5) is 16.1. The van der Waals surface area contributed by atoms with Gasteiger partial charge in [-0.2, -0.15) is 0 Å². The van der Waals surface area contributed by atoms with Crippen LogP contribution in [0.5, 0.6) is 0 Å². The number of aromatic nitrogens is 4. The third-order valence-electron chi connectivity index (χ3n) is 3.85. The number of nitrogens with two attached hydrogens (primary N) is 1. The SMILES string of the molecule is Nc1ncnc2nc(C3(c4ccccc4)CC3)[nH]c12. The van der Waals surface area contributed by atoms with Crippen molar-refractivity contribution >= 4 is 17.0 Å². The highest BCUT2D eigenvalue weighted by molar-refractivity contribution is 5.81. The van der Waals surface area contributed by atoms with E-state index < -0.39 is 0 Å². The van der Waals surface area contributed by atoms with E-state index in [0.29, 0.717) is 11.5 Å². The lowest BCUT2D eigenvalue weighted by atomic mass is 9.95. The van der Waals surface area contributed by atoms with Gasteiger partial charge in [0.2, 0.25) is 0 Å². The van der Waals surface area contributed by atoms with Gasteiger partial charge in [-0.1, -0.05) is 30.3 Å². The molecular weight excluding hydrogens is 238 g/mol. The Morgan fingerprint density at radius 2 is 1.89 bits per heavy atom. The van der Waals surface area contributed by atoms with Crippen LogP contribution in [0.15, 0.2) is 36.7 Å². The first-order valence-electron chi connectivity index (χ1n) is 6.32. The molecule has 2 heterocycles. The molecule has 1 fully saturated rings. The normalized spacial score (nSPS) is 16.6. The van der Waals surface area contributed by atoms with Crippen molar-refractivity contribution < 1.29 is 0 Å². The summed E-state index contributed by atoms with van der Waals surface area (Å²) in [6.45, 7) is 0. The Hall–Kier alpha value is -2.43. The van der Waals surface area contributed by atoms with Crippen LogP contribution in [0.3, 0.4) is 0 Å². The van der Waals surface area contributed by atoms with Gasteiger partial charge in [0.05, 0.1) is 5.41 Å². The fraction of sp³-hybridized carbons (Fsp3) is 0.214. The zero-order valence-electron chi connectivity index (χ0n) is 10.3. The average molecular weight is 251 g/mol. The van der Waals surface area contributed by atoms with Crippen molar-refractivity contribution in [3.8, 4) is 0 Å². The van der Waals surface area contributed by atoms with E-state index >= 15 is 0 Å². The molecule has 3 N–H and O–H groups in total. The topological polar surface area (TPSA) is 80.5 Å². The molecule has 1 aliphatic carbocycles. The first kappa shape index (κ1) is 10.5. The summed E-state index contributed by atoms with van der Waals surface area (Å²) in [5.41, 5.74) is 8.53. The number of benzene rings is 1. The summed E-state index contributed by atoms with van der Waals surface area (Å²) in [6.07, 6.45) is 3.65. The number of imidazole rings is 1. The summed E-state index contributed by atoms with van der Waals surface area (Å²) in [5.74, 6) is 1.40. The number of nitrogens with zero attached hydrogens (tertiary/aromatic N) is 3. The van der Waals surface area contributed by atoms with Gasteiger partial charge in [-0.05, 0) is 18.4 Å². The first-order valence-corrected chi connectivity index (χ1v) is 6.32. The first-order chi connectivity index (χ1) is 9.29. The number of fused-ring (bicyclic) bond motifs is 1. The minimum Gasteiger partial charge on any atom is -0.382 e. The van der Waals surface area contributed by atoms with Crippen molar-refractivity contribution in [3.63, 3.8) is 0 Å². The molecule has 1 saturated carbocycles. The van der Waals surface area contributed by atoms with Crippen LogP contribution in [-0.2, 0) is 5.41 Å². The van der Waals surface area contributed by atoms with E-state index in [4.69, 9.17) is 5.73 Å². The van der Waals surface area contributed by atoms with Crippen molar-refractivity contribution in [2.75, 3.05) is 5.73 Å². The maximum absolute atomic E-state index is 5.85. The molecular formula is C14H13N5. The minimum atomic E-state index is 0.00833. The summed E-state index contributed by atoms with van der Waals surface area (Å²) in [5, 5.41) is 0. The van der Waals surface area contributed by atoms with E-state index in [2.05, 4.69) is 44.2 Å². The van der Waals surface area contributed by atoms with Crippen LogP contribution < -0.4 is 5.73 Å². The minimum absolute atomic E-state index is 0.00833. The number of H-pyrrole nitrogens is 1. The molecule has 2 aromatic heterocycles. The van der Waals surface area contributed by atoms with Crippen molar-refractivity contribution in [2.24, 2.45) is 0 Å². The maximum Gasteiger partial charge on any atom is 0.183 e. The van der Waals surface area contributed by atoms with Gasteiger partial charge >= 0.3 is 0 Å². The molecule has 3 aromatic rings. The van der Waals surface area contributed by atoms with Crippen LogP contribution >= 0.6 is 0 Å². The predicted octanol–water partition coefficient (Wildman–Crippen LogP) is 2.02. The zero-order valence-corrected chi connectivity index (χ0v) is 10.3. The van der Waals surface area contributed by atoms with Crippen molar-refractivity contribution in [1.82, 2.24) is 19.9 Å². The van der Waals surface area contributed by atoms with Gasteiger partial charge in [-0.3, -0.25) is 0 Å². The molecule has 1 aromatic carbocycles. The number of anilines is 1. The number of rotatable bonds is 2. The van der Waals surface area contributed by atoms with Gasteiger partial charge in [-0.15, -0.1) is 0 Å². The molecule has 0 amide bonds. The second-order valence-electron chi connectivity index (χ2n) is 4.99. The number of nitrogens with one attached hydrogen (secondary N) is 1. The van der Waals surface area contributed by atoms with Gasteiger partial charge in [0.1, 0.15) is 17.7 Å². The summed E-state index contributed by atoms with van der Waals surface area (Å²) >= 11 is 0. The molecule has 19 heavy (non-hydrogen) atoms. The lowest BCUT2D eigenvalue weighted by Gasteiger charge is -2.12. The van der Waals surface area contributed by atoms with Crippen molar-refractivity contribution in [1.29, 1.82) is 0 Å². The number of aromatic amines is 1. The second-order valence-corrected chi connectivity index (χ2v) is 4.99. The number of hydrogen-bond acceptors (Lipinski definition) is 4. The van der Waals surface area contributed by atoms with Crippen LogP contribution in [0.25, 0.3) is 11.2 Å². The zero-order chi connectivity index (χ0) is 12.9. The molecule has 0 radical (unpaired) electrons. The van der Waals surface area contributed by atoms with Crippen molar-refractivity contribution in [2.45, 2.75) is 18.3 Å². The van der Waals surface area contributed by atoms with Crippen LogP contribution in [0, 0.1) is 0 Å². The quantitative estimate of drug-likeness (QED) is 0.730. The van der Waals surface area contributed by atoms with Gasteiger partial charge in [0, 0.05) is 0 Å². The Balaban J connectivity index is 1.89. The molecule has 0 aliphatic heterocycles. The molecule has 0 atom stereocenters. The van der Waals surface area contributed by atoms with E-state index in [-0.39, 0.29) is 5.41 Å². The Bertz CT molecular complexity index is 743. The average Bonchev–Trinajstić information content (AvgIpc) is 3.14. The van der Waals surface area contributed by atoms with Crippen LogP contribution in [-0.4, -0.2) is 19.9 Å². The van der Waals surface area contributed by atoms with E-state index in [1.807, 2.05) is 6.07 Å². The monoisotopic (exact) mass is 251 g/mol. The van der Waals surface area contributed by atoms with Gasteiger partial charge in [-0.25, -0.2) is 15.0 Å². The maximum atomic E-state index is 5.85. The molecule has 0 unspecified atom stereocenters. The van der Waals surface area contributed by atoms with E-state index in [0.717, 1.165) is 24.2 Å². The third kappa shape index (κ3) is 1.44. The predicted molar refractivity (Wildman–Crippen MR) is 72.6 cm³/mol. The van der Waals surface area contributed by atoms with Crippen molar-refractivity contribution in [3.05, 3.63) is 48.0 Å². The summed E-state index contributed by atoms with van der Waals surface area (Å²) in [7, 11) is 0. The number of nitrogen functional groups attached to an aromatic ring is 1. The van der Waals surface area contributed by atoms with Crippen LogP contribution in [0.2, 0.25) is 0 Å². The van der Waals surface area contributed by atoms with Gasteiger partial charge in [0.15, 0.2) is 11.5 Å². The van der Waals surface area contributed by atoms with E-state index in [1.54, 1.807) is 0 Å². The Morgan fingerprint density at radius 3 is 2.58 bits per heavy atom.